The minimum absolute atomic E-state index is 0. The first-order chi connectivity index (χ1) is 13.6. The van der Waals surface area contributed by atoms with Gasteiger partial charge >= 0.3 is 0 Å². The number of fused-ring (bicyclic) bond motifs is 2. The fourth-order valence-corrected chi connectivity index (χ4v) is 5.11. The van der Waals surface area contributed by atoms with E-state index in [2.05, 4.69) is 5.32 Å². The number of hydrogen-bond donors (Lipinski definition) is 2. The Bertz CT molecular complexity index is 709. The topological polar surface area (TPSA) is 84.7 Å². The molecule has 3 N–H and O–H groups in total. The van der Waals surface area contributed by atoms with Crippen LogP contribution >= 0.6 is 12.4 Å². The Labute approximate surface area is 178 Å². The molecule has 1 aromatic rings. The second-order valence-corrected chi connectivity index (χ2v) is 8.59. The molecule has 1 aliphatic heterocycles. The van der Waals surface area contributed by atoms with Crippen LogP contribution in [0.5, 0.6) is 5.75 Å². The third-order valence-electron chi connectivity index (χ3n) is 6.71. The van der Waals surface area contributed by atoms with E-state index < -0.39 is 0 Å². The van der Waals surface area contributed by atoms with Gasteiger partial charge in [-0.3, -0.25) is 9.59 Å². The maximum absolute atomic E-state index is 12.8. The fourth-order valence-electron chi connectivity index (χ4n) is 5.11. The van der Waals surface area contributed by atoms with E-state index in [1.807, 2.05) is 23.1 Å². The van der Waals surface area contributed by atoms with Gasteiger partial charge in [0.15, 0.2) is 6.61 Å². The van der Waals surface area contributed by atoms with Crippen LogP contribution in [0, 0.1) is 17.8 Å². The molecule has 7 heteroatoms. The summed E-state index contributed by atoms with van der Waals surface area (Å²) in [5, 5.41) is 3.04. The van der Waals surface area contributed by atoms with Crippen LogP contribution in [0.15, 0.2) is 24.3 Å². The van der Waals surface area contributed by atoms with Gasteiger partial charge < -0.3 is 20.7 Å². The van der Waals surface area contributed by atoms with Gasteiger partial charge in [-0.25, -0.2) is 0 Å². The molecule has 0 radical (unpaired) electrons. The van der Waals surface area contributed by atoms with Crippen LogP contribution < -0.4 is 15.8 Å². The van der Waals surface area contributed by atoms with Crippen LogP contribution in [0.4, 0.5) is 5.69 Å². The molecule has 0 spiro atoms. The Morgan fingerprint density at radius 2 is 1.79 bits per heavy atom. The lowest BCUT2D eigenvalue weighted by molar-refractivity contribution is -0.132. The first-order valence-electron chi connectivity index (χ1n) is 10.7. The Kier molecular flexibility index (Phi) is 7.41. The van der Waals surface area contributed by atoms with E-state index in [-0.39, 0.29) is 42.8 Å². The number of nitrogens with zero attached hydrogens (tertiary/aromatic N) is 1. The van der Waals surface area contributed by atoms with Crippen molar-refractivity contribution in [2.75, 3.05) is 25.0 Å². The smallest absolute Gasteiger partial charge is 0.260 e. The minimum atomic E-state index is 0. The van der Waals surface area contributed by atoms with Crippen molar-refractivity contribution >= 4 is 29.9 Å². The van der Waals surface area contributed by atoms with E-state index in [0.29, 0.717) is 17.6 Å². The van der Waals surface area contributed by atoms with Crippen molar-refractivity contribution in [2.24, 2.45) is 23.5 Å². The quantitative estimate of drug-likeness (QED) is 0.764. The van der Waals surface area contributed by atoms with Crippen molar-refractivity contribution in [1.82, 2.24) is 4.90 Å². The van der Waals surface area contributed by atoms with Crippen molar-refractivity contribution < 1.29 is 14.3 Å². The van der Waals surface area contributed by atoms with Gasteiger partial charge in [-0.2, -0.15) is 0 Å². The predicted molar refractivity (Wildman–Crippen MR) is 115 cm³/mol. The van der Waals surface area contributed by atoms with E-state index in [1.165, 1.54) is 6.42 Å². The van der Waals surface area contributed by atoms with Crippen molar-refractivity contribution in [3.63, 3.8) is 0 Å². The molecule has 1 saturated heterocycles. The van der Waals surface area contributed by atoms with Gasteiger partial charge in [0.25, 0.3) is 5.91 Å². The lowest BCUT2D eigenvalue weighted by Crippen LogP contribution is -2.48. The molecular formula is C22H32ClN3O3. The Balaban J connectivity index is 0.00000240. The molecule has 1 heterocycles. The summed E-state index contributed by atoms with van der Waals surface area (Å²) in [6, 6.07) is 7.59. The summed E-state index contributed by atoms with van der Waals surface area (Å²) in [6.07, 6.45) is 7.47. The molecule has 2 atom stereocenters. The van der Waals surface area contributed by atoms with E-state index in [0.717, 1.165) is 57.3 Å². The summed E-state index contributed by atoms with van der Waals surface area (Å²) in [6.45, 7) is 1.69. The Morgan fingerprint density at radius 3 is 2.48 bits per heavy atom. The Hall–Kier alpha value is -1.79. The molecule has 2 saturated carbocycles. The second-order valence-electron chi connectivity index (χ2n) is 8.59. The van der Waals surface area contributed by atoms with Gasteiger partial charge in [0.2, 0.25) is 5.91 Å². The maximum atomic E-state index is 12.8. The van der Waals surface area contributed by atoms with Gasteiger partial charge in [-0.05, 0) is 62.5 Å². The molecule has 2 aliphatic carbocycles. The summed E-state index contributed by atoms with van der Waals surface area (Å²) in [5.74, 6) is 1.71. The van der Waals surface area contributed by atoms with Gasteiger partial charge in [-0.1, -0.05) is 12.5 Å². The SMILES string of the molecule is Cl.NC1C2CCCC1CC(C(=O)Nc1cccc(OCC(=O)N3CCCC3)c1)C2. The zero-order valence-electron chi connectivity index (χ0n) is 16.8. The molecule has 3 aliphatic rings. The third-order valence-corrected chi connectivity index (χ3v) is 6.71. The molecule has 0 aromatic heterocycles. The van der Waals surface area contributed by atoms with Crippen LogP contribution in [0.2, 0.25) is 0 Å². The molecule has 6 nitrogen and oxygen atoms in total. The summed E-state index contributed by atoms with van der Waals surface area (Å²) < 4.78 is 5.66. The number of nitrogens with two attached hydrogens (primary N) is 1. The normalized spacial score (nSPS) is 28.4. The van der Waals surface area contributed by atoms with Gasteiger partial charge in [-0.15, -0.1) is 12.4 Å². The fraction of sp³-hybridized carbons (Fsp3) is 0.636. The van der Waals surface area contributed by atoms with E-state index in [4.69, 9.17) is 10.5 Å². The maximum Gasteiger partial charge on any atom is 0.260 e. The largest absolute Gasteiger partial charge is 0.484 e. The van der Waals surface area contributed by atoms with Crippen LogP contribution in [0.1, 0.15) is 44.9 Å². The van der Waals surface area contributed by atoms with Gasteiger partial charge in [0.05, 0.1) is 0 Å². The van der Waals surface area contributed by atoms with Crippen LogP contribution in [-0.4, -0.2) is 42.5 Å². The van der Waals surface area contributed by atoms with Gasteiger partial charge in [0.1, 0.15) is 5.75 Å². The summed E-state index contributed by atoms with van der Waals surface area (Å²) in [5.41, 5.74) is 7.06. The zero-order valence-corrected chi connectivity index (χ0v) is 17.7. The molecule has 3 fully saturated rings. The number of nitrogens with one attached hydrogen (secondary N) is 1. The number of hydrogen-bond acceptors (Lipinski definition) is 4. The highest BCUT2D eigenvalue weighted by atomic mass is 35.5. The molecule has 1 aromatic carbocycles. The number of carbonyl (C=O) groups excluding carboxylic acids is 2. The minimum Gasteiger partial charge on any atom is -0.484 e. The van der Waals surface area contributed by atoms with Crippen molar-refractivity contribution in [3.8, 4) is 5.75 Å². The highest BCUT2D eigenvalue weighted by Crippen LogP contribution is 2.42. The highest BCUT2D eigenvalue weighted by Gasteiger charge is 2.40. The second kappa shape index (κ2) is 9.81. The van der Waals surface area contributed by atoms with Crippen molar-refractivity contribution in [2.45, 2.75) is 51.0 Å². The predicted octanol–water partition coefficient (Wildman–Crippen LogP) is 3.20. The number of anilines is 1. The number of amides is 2. The summed E-state index contributed by atoms with van der Waals surface area (Å²) >= 11 is 0. The average molecular weight is 422 g/mol. The number of ether oxygens (including phenoxy) is 1. The van der Waals surface area contributed by atoms with Crippen molar-refractivity contribution in [3.05, 3.63) is 24.3 Å². The van der Waals surface area contributed by atoms with Crippen LogP contribution in [-0.2, 0) is 9.59 Å². The van der Waals surface area contributed by atoms with Crippen LogP contribution in [0.3, 0.4) is 0 Å². The first-order valence-corrected chi connectivity index (χ1v) is 10.7. The number of halogens is 1. The highest BCUT2D eigenvalue weighted by molar-refractivity contribution is 5.92. The van der Waals surface area contributed by atoms with Gasteiger partial charge in [0, 0.05) is 36.8 Å². The monoisotopic (exact) mass is 421 g/mol. The van der Waals surface area contributed by atoms with E-state index in [9.17, 15) is 9.59 Å². The summed E-state index contributed by atoms with van der Waals surface area (Å²) in [7, 11) is 0. The number of carbonyl (C=O) groups is 2. The standard InChI is InChI=1S/C22H31N3O3.ClH/c23-21-15-5-3-6-16(21)12-17(11-15)22(27)24-18-7-4-8-19(13-18)28-14-20(26)25-9-1-2-10-25;/h4,7-8,13,15-17,21H,1-3,5-6,9-12,14,23H2,(H,24,27);1H. The van der Waals surface area contributed by atoms with Crippen molar-refractivity contribution in [1.29, 1.82) is 0 Å². The molecule has 2 unspecified atom stereocenters. The molecule has 2 amide bonds. The molecular weight excluding hydrogens is 390 g/mol. The number of benzene rings is 1. The third kappa shape index (κ3) is 5.23. The van der Waals surface area contributed by atoms with E-state index in [1.54, 1.807) is 6.07 Å². The lowest BCUT2D eigenvalue weighted by atomic mass is 9.65. The summed E-state index contributed by atoms with van der Waals surface area (Å²) in [4.78, 5) is 26.8. The molecule has 29 heavy (non-hydrogen) atoms. The molecule has 2 bridgehead atoms. The zero-order chi connectivity index (χ0) is 19.5. The number of likely N-dealkylation sites (tertiary alicyclic amines) is 1. The molecule has 160 valence electrons. The molecule has 4 rings (SSSR count). The average Bonchev–Trinajstić information content (AvgIpc) is 3.21. The van der Waals surface area contributed by atoms with E-state index >= 15 is 0 Å². The number of rotatable bonds is 5. The lowest BCUT2D eigenvalue weighted by Gasteiger charge is -2.43. The Morgan fingerprint density at radius 1 is 1.10 bits per heavy atom. The van der Waals surface area contributed by atoms with Crippen LogP contribution in [0.25, 0.3) is 0 Å². The first kappa shape index (κ1) is 21.9.